The van der Waals surface area contributed by atoms with E-state index < -0.39 is 0 Å². The zero-order valence-electron chi connectivity index (χ0n) is 10.7. The van der Waals surface area contributed by atoms with E-state index in [0.29, 0.717) is 6.04 Å². The van der Waals surface area contributed by atoms with E-state index in [0.717, 1.165) is 12.5 Å². The van der Waals surface area contributed by atoms with E-state index >= 15 is 0 Å². The van der Waals surface area contributed by atoms with Gasteiger partial charge in [-0.05, 0) is 30.6 Å². The van der Waals surface area contributed by atoms with Crippen molar-refractivity contribution in [2.45, 2.75) is 65.5 Å². The molecule has 90 valence electrons. The van der Waals surface area contributed by atoms with Crippen molar-refractivity contribution in [3.05, 3.63) is 0 Å². The van der Waals surface area contributed by atoms with Crippen LogP contribution in [-0.2, 0) is 0 Å². The molecule has 0 aromatic rings. The van der Waals surface area contributed by atoms with Gasteiger partial charge in [0.2, 0.25) is 0 Å². The Hall–Kier alpha value is -0.0800. The molecular formula is C13H27NO. The average molecular weight is 213 g/mol. The minimum atomic E-state index is -0.240. The van der Waals surface area contributed by atoms with Crippen molar-refractivity contribution in [1.29, 1.82) is 0 Å². The highest BCUT2D eigenvalue weighted by atomic mass is 16.3. The Labute approximate surface area is 94.5 Å². The molecule has 0 bridgehead atoms. The molecule has 2 atom stereocenters. The molecule has 1 aliphatic rings. The maximum Gasteiger partial charge on any atom is 0.0712 e. The van der Waals surface area contributed by atoms with E-state index in [9.17, 15) is 5.11 Å². The van der Waals surface area contributed by atoms with Crippen LogP contribution in [0, 0.1) is 11.3 Å². The topological polar surface area (TPSA) is 32.3 Å². The third-order valence-electron chi connectivity index (χ3n) is 3.36. The summed E-state index contributed by atoms with van der Waals surface area (Å²) in [5.74, 6) is 0.886. The maximum atomic E-state index is 9.94. The summed E-state index contributed by atoms with van der Waals surface area (Å²) in [6.45, 7) is 9.24. The molecule has 0 amide bonds. The molecule has 2 nitrogen and oxygen atoms in total. The quantitative estimate of drug-likeness (QED) is 0.711. The molecule has 0 radical (unpaired) electrons. The molecule has 2 unspecified atom stereocenters. The molecule has 0 aliphatic heterocycles. The van der Waals surface area contributed by atoms with Crippen LogP contribution in [0.2, 0.25) is 0 Å². The van der Waals surface area contributed by atoms with Crippen molar-refractivity contribution in [3.63, 3.8) is 0 Å². The van der Waals surface area contributed by atoms with Crippen LogP contribution in [0.25, 0.3) is 0 Å². The van der Waals surface area contributed by atoms with Gasteiger partial charge < -0.3 is 10.4 Å². The van der Waals surface area contributed by atoms with E-state index in [1.54, 1.807) is 0 Å². The van der Waals surface area contributed by atoms with Crippen molar-refractivity contribution < 1.29 is 5.11 Å². The first-order chi connectivity index (χ1) is 6.95. The van der Waals surface area contributed by atoms with Gasteiger partial charge in [-0.2, -0.15) is 0 Å². The van der Waals surface area contributed by atoms with Crippen LogP contribution in [0.3, 0.4) is 0 Å². The molecule has 1 aliphatic carbocycles. The average Bonchev–Trinajstić information content (AvgIpc) is 2.93. The van der Waals surface area contributed by atoms with Crippen LogP contribution >= 0.6 is 0 Å². The molecule has 0 aromatic heterocycles. The largest absolute Gasteiger partial charge is 0.391 e. The van der Waals surface area contributed by atoms with E-state index in [2.05, 4.69) is 33.0 Å². The molecular weight excluding hydrogens is 186 g/mol. The summed E-state index contributed by atoms with van der Waals surface area (Å²) in [4.78, 5) is 0. The standard InChI is InChI=1S/C13H27NO/c1-5-6-11(10-7-8-10)14-9-12(15)13(2,3)4/h10-12,14-15H,5-9H2,1-4H3. The summed E-state index contributed by atoms with van der Waals surface area (Å²) in [6.07, 6.45) is 5.00. The van der Waals surface area contributed by atoms with E-state index in [1.807, 2.05) is 0 Å². The molecule has 0 saturated heterocycles. The van der Waals surface area contributed by atoms with Crippen molar-refractivity contribution in [1.82, 2.24) is 5.32 Å². The Morgan fingerprint density at radius 1 is 1.33 bits per heavy atom. The normalized spacial score (nSPS) is 21.4. The number of aliphatic hydroxyl groups excluding tert-OH is 1. The third-order valence-corrected chi connectivity index (χ3v) is 3.36. The predicted molar refractivity (Wildman–Crippen MR) is 64.9 cm³/mol. The van der Waals surface area contributed by atoms with Gasteiger partial charge >= 0.3 is 0 Å². The van der Waals surface area contributed by atoms with Gasteiger partial charge in [-0.15, -0.1) is 0 Å². The first kappa shape index (κ1) is 13.0. The number of hydrogen-bond donors (Lipinski definition) is 2. The Bertz CT molecular complexity index is 181. The predicted octanol–water partition coefficient (Wildman–Crippen LogP) is 2.56. The zero-order valence-corrected chi connectivity index (χ0v) is 10.7. The molecule has 0 heterocycles. The first-order valence-electron chi connectivity index (χ1n) is 6.36. The summed E-state index contributed by atoms with van der Waals surface area (Å²) in [7, 11) is 0. The Morgan fingerprint density at radius 2 is 1.93 bits per heavy atom. The lowest BCUT2D eigenvalue weighted by Crippen LogP contribution is -2.42. The van der Waals surface area contributed by atoms with Gasteiger partial charge in [-0.25, -0.2) is 0 Å². The fourth-order valence-corrected chi connectivity index (χ4v) is 1.88. The lowest BCUT2D eigenvalue weighted by molar-refractivity contribution is 0.0594. The van der Waals surface area contributed by atoms with Gasteiger partial charge in [0.1, 0.15) is 0 Å². The molecule has 1 saturated carbocycles. The summed E-state index contributed by atoms with van der Waals surface area (Å²) >= 11 is 0. The van der Waals surface area contributed by atoms with Crippen LogP contribution in [-0.4, -0.2) is 23.8 Å². The van der Waals surface area contributed by atoms with Crippen LogP contribution in [0.4, 0.5) is 0 Å². The molecule has 15 heavy (non-hydrogen) atoms. The second kappa shape index (κ2) is 5.31. The molecule has 1 rings (SSSR count). The Balaban J connectivity index is 2.26. The van der Waals surface area contributed by atoms with E-state index in [1.165, 1.54) is 25.7 Å². The van der Waals surface area contributed by atoms with Crippen LogP contribution < -0.4 is 5.32 Å². The van der Waals surface area contributed by atoms with Crippen LogP contribution in [0.15, 0.2) is 0 Å². The summed E-state index contributed by atoms with van der Waals surface area (Å²) < 4.78 is 0. The number of nitrogens with one attached hydrogen (secondary N) is 1. The van der Waals surface area contributed by atoms with Gasteiger partial charge in [0.25, 0.3) is 0 Å². The zero-order chi connectivity index (χ0) is 11.5. The maximum absolute atomic E-state index is 9.94. The van der Waals surface area contributed by atoms with Gasteiger partial charge in [0, 0.05) is 12.6 Å². The molecule has 2 N–H and O–H groups in total. The van der Waals surface area contributed by atoms with Crippen molar-refractivity contribution in [2.24, 2.45) is 11.3 Å². The second-order valence-corrected chi connectivity index (χ2v) is 6.02. The van der Waals surface area contributed by atoms with Gasteiger partial charge in [0.05, 0.1) is 6.10 Å². The highest BCUT2D eigenvalue weighted by Crippen LogP contribution is 2.34. The Kier molecular flexibility index (Phi) is 4.60. The first-order valence-corrected chi connectivity index (χ1v) is 6.36. The van der Waals surface area contributed by atoms with Crippen LogP contribution in [0.1, 0.15) is 53.4 Å². The third kappa shape index (κ3) is 4.52. The second-order valence-electron chi connectivity index (χ2n) is 6.02. The monoisotopic (exact) mass is 213 g/mol. The Morgan fingerprint density at radius 3 is 2.33 bits per heavy atom. The summed E-state index contributed by atoms with van der Waals surface area (Å²) in [6, 6.07) is 0.645. The minimum absolute atomic E-state index is 0.00663. The molecule has 1 fully saturated rings. The molecule has 2 heteroatoms. The summed E-state index contributed by atoms with van der Waals surface area (Å²) in [5, 5.41) is 13.5. The molecule has 0 spiro atoms. The van der Waals surface area contributed by atoms with Crippen molar-refractivity contribution >= 4 is 0 Å². The smallest absolute Gasteiger partial charge is 0.0712 e. The minimum Gasteiger partial charge on any atom is -0.391 e. The number of aliphatic hydroxyl groups is 1. The number of hydrogen-bond acceptors (Lipinski definition) is 2. The van der Waals surface area contributed by atoms with Crippen molar-refractivity contribution in [2.75, 3.05) is 6.54 Å². The number of rotatable bonds is 6. The van der Waals surface area contributed by atoms with Crippen molar-refractivity contribution in [3.8, 4) is 0 Å². The van der Waals surface area contributed by atoms with Crippen LogP contribution in [0.5, 0.6) is 0 Å². The fraction of sp³-hybridized carbons (Fsp3) is 1.00. The van der Waals surface area contributed by atoms with Gasteiger partial charge in [-0.3, -0.25) is 0 Å². The van der Waals surface area contributed by atoms with E-state index in [-0.39, 0.29) is 11.5 Å². The highest BCUT2D eigenvalue weighted by molar-refractivity contribution is 4.87. The lowest BCUT2D eigenvalue weighted by Gasteiger charge is -2.28. The van der Waals surface area contributed by atoms with Gasteiger partial charge in [-0.1, -0.05) is 34.1 Å². The molecule has 0 aromatic carbocycles. The van der Waals surface area contributed by atoms with Gasteiger partial charge in [0.15, 0.2) is 0 Å². The lowest BCUT2D eigenvalue weighted by atomic mass is 9.89. The summed E-state index contributed by atoms with van der Waals surface area (Å²) in [5.41, 5.74) is -0.00663. The van der Waals surface area contributed by atoms with E-state index in [4.69, 9.17) is 0 Å². The SMILES string of the molecule is CCCC(NCC(O)C(C)(C)C)C1CC1. The fourth-order valence-electron chi connectivity index (χ4n) is 1.88. The highest BCUT2D eigenvalue weighted by Gasteiger charge is 2.31.